The zero-order valence-electron chi connectivity index (χ0n) is 18.9. The molecule has 1 saturated heterocycles. The highest BCUT2D eigenvalue weighted by atomic mass is 35.5. The van der Waals surface area contributed by atoms with E-state index in [0.29, 0.717) is 6.54 Å². The van der Waals surface area contributed by atoms with Gasteiger partial charge in [0, 0.05) is 49.7 Å². The molecule has 0 radical (unpaired) electrons. The number of amides is 1. The fourth-order valence-corrected chi connectivity index (χ4v) is 5.89. The molecule has 3 aromatic rings. The van der Waals surface area contributed by atoms with Crippen molar-refractivity contribution in [3.8, 4) is 0 Å². The molecule has 1 N–H and O–H groups in total. The van der Waals surface area contributed by atoms with E-state index in [1.165, 1.54) is 15.8 Å². The normalized spacial score (nSPS) is 14.4. The number of aromatic nitrogens is 1. The average Bonchev–Trinajstić information content (AvgIpc) is 3.19. The summed E-state index contributed by atoms with van der Waals surface area (Å²) in [6.07, 6.45) is 0. The van der Waals surface area contributed by atoms with Crippen molar-refractivity contribution in [2.75, 3.05) is 49.9 Å². The summed E-state index contributed by atoms with van der Waals surface area (Å²) < 4.78 is 1.28. The number of aryl methyl sites for hydroxylation is 2. The number of nitrogens with zero attached hydrogens (tertiary/aromatic N) is 3. The Morgan fingerprint density at radius 1 is 1.16 bits per heavy atom. The molecule has 5 nitrogen and oxygen atoms in total. The van der Waals surface area contributed by atoms with Gasteiger partial charge < -0.3 is 10.2 Å². The van der Waals surface area contributed by atoms with Crippen molar-refractivity contribution in [3.05, 3.63) is 53.1 Å². The first-order chi connectivity index (χ1) is 15.0. The first-order valence-corrected chi connectivity index (χ1v) is 12.7. The van der Waals surface area contributed by atoms with Crippen molar-refractivity contribution >= 4 is 56.8 Å². The number of halogens is 1. The Labute approximate surface area is 205 Å². The van der Waals surface area contributed by atoms with Crippen LogP contribution in [0.3, 0.4) is 0 Å². The number of rotatable bonds is 7. The summed E-state index contributed by atoms with van der Waals surface area (Å²) in [5, 5.41) is 4.20. The largest absolute Gasteiger partial charge is 0.351 e. The van der Waals surface area contributed by atoms with Crippen LogP contribution in [-0.2, 0) is 0 Å². The first-order valence-electron chi connectivity index (χ1n) is 10.9. The summed E-state index contributed by atoms with van der Waals surface area (Å²) in [7, 11) is 0. The Hall–Kier alpha value is -1.80. The smallest absolute Gasteiger partial charge is 0.251 e. The molecule has 1 aliphatic rings. The minimum Gasteiger partial charge on any atom is -0.351 e. The molecule has 1 amide bonds. The maximum absolute atomic E-state index is 12.5. The number of carbonyl (C=O) groups excluding carboxylic acids is 1. The maximum Gasteiger partial charge on any atom is 0.251 e. The first kappa shape index (κ1) is 24.8. The molecule has 1 aliphatic heterocycles. The molecule has 172 valence electrons. The number of thiazole rings is 1. The van der Waals surface area contributed by atoms with Gasteiger partial charge in [0.15, 0.2) is 5.13 Å². The van der Waals surface area contributed by atoms with Crippen molar-refractivity contribution < 1.29 is 4.79 Å². The van der Waals surface area contributed by atoms with Gasteiger partial charge in [-0.2, -0.15) is 0 Å². The number of nitrogens with one attached hydrogen (secondary N) is 1. The topological polar surface area (TPSA) is 48.5 Å². The third-order valence-corrected chi connectivity index (χ3v) is 7.52. The molecule has 1 aromatic heterocycles. The van der Waals surface area contributed by atoms with Crippen molar-refractivity contribution in [2.24, 2.45) is 0 Å². The van der Waals surface area contributed by atoms with Crippen LogP contribution in [0.1, 0.15) is 28.4 Å². The molecule has 0 atom stereocenters. The summed E-state index contributed by atoms with van der Waals surface area (Å²) in [6.45, 7) is 11.9. The third-order valence-electron chi connectivity index (χ3n) is 5.58. The number of hydrogen-bond acceptors (Lipinski definition) is 6. The van der Waals surface area contributed by atoms with E-state index in [-0.39, 0.29) is 18.3 Å². The van der Waals surface area contributed by atoms with Gasteiger partial charge in [0.05, 0.1) is 10.2 Å². The summed E-state index contributed by atoms with van der Waals surface area (Å²) in [5.74, 6) is 1.02. The number of piperazine rings is 1. The molecule has 0 bridgehead atoms. The van der Waals surface area contributed by atoms with Crippen LogP contribution in [0.15, 0.2) is 41.3 Å². The lowest BCUT2D eigenvalue weighted by molar-refractivity contribution is 0.0947. The van der Waals surface area contributed by atoms with Crippen molar-refractivity contribution in [1.29, 1.82) is 0 Å². The molecule has 0 aliphatic carbocycles. The van der Waals surface area contributed by atoms with E-state index >= 15 is 0 Å². The summed E-state index contributed by atoms with van der Waals surface area (Å²) in [4.78, 5) is 23.3. The van der Waals surface area contributed by atoms with Crippen LogP contribution in [0.2, 0.25) is 0 Å². The number of fused-ring (bicyclic) bond motifs is 1. The SMILES string of the molecule is CCSc1cccc(C(=O)NCCN2CCN(c3nc4c(C)cc(C)cc4s3)CC2)c1.Cl. The van der Waals surface area contributed by atoms with Gasteiger partial charge in [-0.1, -0.05) is 30.4 Å². The highest BCUT2D eigenvalue weighted by Gasteiger charge is 2.20. The van der Waals surface area contributed by atoms with Gasteiger partial charge in [-0.05, 0) is 55.0 Å². The van der Waals surface area contributed by atoms with Crippen molar-refractivity contribution in [2.45, 2.75) is 25.7 Å². The van der Waals surface area contributed by atoms with E-state index in [2.05, 4.69) is 54.1 Å². The second-order valence-electron chi connectivity index (χ2n) is 7.97. The van der Waals surface area contributed by atoms with Crippen LogP contribution in [0.4, 0.5) is 5.13 Å². The maximum atomic E-state index is 12.5. The van der Waals surface area contributed by atoms with Gasteiger partial charge in [0.25, 0.3) is 5.91 Å². The molecule has 0 spiro atoms. The number of carbonyl (C=O) groups is 1. The van der Waals surface area contributed by atoms with Gasteiger partial charge in [0.2, 0.25) is 0 Å². The lowest BCUT2D eigenvalue weighted by Crippen LogP contribution is -2.48. The zero-order chi connectivity index (χ0) is 21.8. The van der Waals surface area contributed by atoms with Gasteiger partial charge in [-0.3, -0.25) is 9.69 Å². The van der Waals surface area contributed by atoms with Crippen LogP contribution >= 0.6 is 35.5 Å². The molecule has 1 fully saturated rings. The molecular weight excluding hydrogens is 460 g/mol. The van der Waals surface area contributed by atoms with Gasteiger partial charge in [0.1, 0.15) is 0 Å². The molecular formula is C24H31ClN4OS2. The van der Waals surface area contributed by atoms with Gasteiger partial charge >= 0.3 is 0 Å². The minimum atomic E-state index is 0. The number of benzene rings is 2. The molecule has 4 rings (SSSR count). The number of thioether (sulfide) groups is 1. The Kier molecular flexibility index (Phi) is 8.82. The molecule has 2 heterocycles. The van der Waals surface area contributed by atoms with Crippen LogP contribution in [0.25, 0.3) is 10.2 Å². The highest BCUT2D eigenvalue weighted by Crippen LogP contribution is 2.32. The molecule has 32 heavy (non-hydrogen) atoms. The van der Waals surface area contributed by atoms with Gasteiger partial charge in [-0.25, -0.2) is 4.98 Å². The minimum absolute atomic E-state index is 0. The van der Waals surface area contributed by atoms with Gasteiger partial charge in [-0.15, -0.1) is 24.2 Å². The third kappa shape index (κ3) is 5.95. The highest BCUT2D eigenvalue weighted by molar-refractivity contribution is 7.99. The van der Waals surface area contributed by atoms with Crippen molar-refractivity contribution in [1.82, 2.24) is 15.2 Å². The Morgan fingerprint density at radius 2 is 1.94 bits per heavy atom. The molecule has 2 aromatic carbocycles. The second-order valence-corrected chi connectivity index (χ2v) is 10.3. The molecule has 0 unspecified atom stereocenters. The summed E-state index contributed by atoms with van der Waals surface area (Å²) in [5.41, 5.74) is 4.43. The zero-order valence-corrected chi connectivity index (χ0v) is 21.3. The molecule has 8 heteroatoms. The lowest BCUT2D eigenvalue weighted by Gasteiger charge is -2.34. The van der Waals surface area contributed by atoms with E-state index in [9.17, 15) is 4.79 Å². The lowest BCUT2D eigenvalue weighted by atomic mass is 10.1. The van der Waals surface area contributed by atoms with E-state index in [1.807, 2.05) is 18.2 Å². The number of hydrogen-bond donors (Lipinski definition) is 1. The van der Waals surface area contributed by atoms with Crippen molar-refractivity contribution in [3.63, 3.8) is 0 Å². The predicted octanol–water partition coefficient (Wildman–Crippen LogP) is 5.00. The monoisotopic (exact) mass is 490 g/mol. The second kappa shape index (κ2) is 11.4. The van der Waals surface area contributed by atoms with E-state index < -0.39 is 0 Å². The Balaban J connectivity index is 0.00000289. The van der Waals surface area contributed by atoms with Crippen LogP contribution < -0.4 is 10.2 Å². The fourth-order valence-electron chi connectivity index (χ4n) is 3.98. The van der Waals surface area contributed by atoms with Crippen LogP contribution in [0, 0.1) is 13.8 Å². The quantitative estimate of drug-likeness (QED) is 0.472. The summed E-state index contributed by atoms with van der Waals surface area (Å²) in [6, 6.07) is 12.3. The van der Waals surface area contributed by atoms with E-state index in [0.717, 1.165) is 59.6 Å². The standard InChI is InChI=1S/C24H30N4OS2.ClH/c1-4-30-20-7-5-6-19(16-20)23(29)25-8-9-27-10-12-28(13-11-27)24-26-22-18(3)14-17(2)15-21(22)31-24;/h5-7,14-16H,4,8-13H2,1-3H3,(H,25,29);1H. The summed E-state index contributed by atoms with van der Waals surface area (Å²) >= 11 is 3.55. The number of anilines is 1. The Morgan fingerprint density at radius 3 is 2.69 bits per heavy atom. The predicted molar refractivity (Wildman–Crippen MR) is 140 cm³/mol. The molecule has 0 saturated carbocycles. The fraction of sp³-hybridized carbons (Fsp3) is 0.417. The van der Waals surface area contributed by atoms with E-state index in [4.69, 9.17) is 4.98 Å². The average molecular weight is 491 g/mol. The Bertz CT molecular complexity index is 1060. The van der Waals surface area contributed by atoms with Crippen LogP contribution in [0.5, 0.6) is 0 Å². The van der Waals surface area contributed by atoms with E-state index in [1.54, 1.807) is 23.1 Å². The van der Waals surface area contributed by atoms with Crippen LogP contribution in [-0.4, -0.2) is 60.8 Å².